The van der Waals surface area contributed by atoms with Crippen molar-refractivity contribution in [1.29, 1.82) is 0 Å². The molecule has 0 aromatic heterocycles. The molecule has 5 atom stereocenters. The number of Topliss-reactive ketones (excluding diaryl/α,β-unsaturated/α-hetero) is 1. The zero-order valence-corrected chi connectivity index (χ0v) is 32.0. The molecule has 0 N–H and O–H groups in total. The van der Waals surface area contributed by atoms with Gasteiger partial charge in [0.15, 0.2) is 0 Å². The van der Waals surface area contributed by atoms with Gasteiger partial charge in [-0.25, -0.2) is 9.00 Å². The standard InChI is InChI=1S/C39H46Cl2N2O6S/c1-24(2)35(23-50(48,25(3)4)42-26(5)44)43-36(28-15-17-31(40)18-16-28)34(30-9-8-10-32(41)20-30)22-39(6,38(43)47)21-33(45)19-27-11-13-29(14-12-27)37(46)49-7/h8-18,20,24-25,34-36H,19,21-23H2,1-7H3/t34-,35-,36-,39+,50?/m1/s1. The molecule has 1 unspecified atom stereocenters. The van der Waals surface area contributed by atoms with Gasteiger partial charge in [0.05, 0.1) is 39.6 Å². The minimum Gasteiger partial charge on any atom is -0.465 e. The SMILES string of the molecule is COC(=O)c1ccc(CC(=O)C[C@@]2(C)C[C@H](c3cccc(Cl)c3)[C@@H](c3ccc(Cl)cc3)N([C@H](CS(=O)(=NC(C)=O)C(C)C)C(C)C)C2=O)cc1. The van der Waals surface area contributed by atoms with Gasteiger partial charge < -0.3 is 9.64 Å². The Kier molecular flexibility index (Phi) is 12.7. The summed E-state index contributed by atoms with van der Waals surface area (Å²) in [6.07, 6.45) is 0.359. The molecule has 268 valence electrons. The van der Waals surface area contributed by atoms with E-state index in [1.807, 2.05) is 56.0 Å². The maximum Gasteiger partial charge on any atom is 0.337 e. The van der Waals surface area contributed by atoms with Gasteiger partial charge in [-0.15, -0.1) is 0 Å². The molecule has 0 saturated carbocycles. The van der Waals surface area contributed by atoms with Crippen molar-refractivity contribution < 1.29 is 28.1 Å². The number of hydrogen-bond acceptors (Lipinski definition) is 6. The normalized spacial score (nSPS) is 21.1. The number of likely N-dealkylation sites (tertiary alicyclic amines) is 1. The fraction of sp³-hybridized carbons (Fsp3) is 0.436. The van der Waals surface area contributed by atoms with Gasteiger partial charge in [-0.3, -0.25) is 14.4 Å². The molecule has 1 aliphatic rings. The van der Waals surface area contributed by atoms with Crippen LogP contribution in [0.3, 0.4) is 0 Å². The van der Waals surface area contributed by atoms with Crippen LogP contribution < -0.4 is 0 Å². The highest BCUT2D eigenvalue weighted by Gasteiger charge is 2.53. The maximum absolute atomic E-state index is 15.2. The molecule has 50 heavy (non-hydrogen) atoms. The molecule has 1 saturated heterocycles. The Morgan fingerprint density at radius 1 is 0.960 bits per heavy atom. The summed E-state index contributed by atoms with van der Waals surface area (Å²) in [6.45, 7) is 10.6. The van der Waals surface area contributed by atoms with Crippen molar-refractivity contribution in [3.05, 3.63) is 105 Å². The summed E-state index contributed by atoms with van der Waals surface area (Å²) in [6, 6.07) is 20.4. The van der Waals surface area contributed by atoms with Crippen LogP contribution in [-0.2, 0) is 35.3 Å². The molecule has 3 aromatic carbocycles. The quantitative estimate of drug-likeness (QED) is 0.172. The summed E-state index contributed by atoms with van der Waals surface area (Å²) in [4.78, 5) is 55.0. The lowest BCUT2D eigenvalue weighted by molar-refractivity contribution is -0.157. The van der Waals surface area contributed by atoms with E-state index in [4.69, 9.17) is 27.9 Å². The number of carbonyl (C=O) groups excluding carboxylic acids is 4. The number of benzene rings is 3. The second-order valence-electron chi connectivity index (χ2n) is 14.0. The predicted octanol–water partition coefficient (Wildman–Crippen LogP) is 8.49. The zero-order valence-electron chi connectivity index (χ0n) is 29.7. The molecule has 1 aliphatic heterocycles. The number of nitrogens with zero attached hydrogens (tertiary/aromatic N) is 2. The number of rotatable bonds is 12. The third-order valence-corrected chi connectivity index (χ3v) is 12.9. The fourth-order valence-corrected chi connectivity index (χ4v) is 9.37. The largest absolute Gasteiger partial charge is 0.465 e. The molecule has 1 fully saturated rings. The molecule has 0 spiro atoms. The summed E-state index contributed by atoms with van der Waals surface area (Å²) in [5.41, 5.74) is 1.66. The Bertz CT molecular complexity index is 1850. The molecule has 0 aliphatic carbocycles. The van der Waals surface area contributed by atoms with Crippen molar-refractivity contribution in [2.45, 2.75) is 84.1 Å². The molecule has 1 heterocycles. The van der Waals surface area contributed by atoms with E-state index in [2.05, 4.69) is 4.36 Å². The number of halogens is 2. The van der Waals surface area contributed by atoms with Gasteiger partial charge in [0.25, 0.3) is 5.91 Å². The van der Waals surface area contributed by atoms with Gasteiger partial charge in [0.1, 0.15) is 5.78 Å². The topological polar surface area (TPSA) is 110 Å². The fourth-order valence-electron chi connectivity index (χ4n) is 6.90. The third-order valence-electron chi connectivity index (χ3n) is 9.51. The van der Waals surface area contributed by atoms with E-state index in [9.17, 15) is 18.6 Å². The van der Waals surface area contributed by atoms with Crippen molar-refractivity contribution in [2.75, 3.05) is 12.9 Å². The number of hydrogen-bond donors (Lipinski definition) is 0. The molecule has 0 radical (unpaired) electrons. The summed E-state index contributed by atoms with van der Waals surface area (Å²) in [5, 5.41) is 0.626. The van der Waals surface area contributed by atoms with Crippen LogP contribution in [0.5, 0.6) is 0 Å². The average Bonchev–Trinajstić information content (AvgIpc) is 3.05. The first kappa shape index (κ1) is 39.3. The minimum absolute atomic E-state index is 0.0173. The third kappa shape index (κ3) is 9.03. The number of esters is 1. The minimum atomic E-state index is -3.10. The Labute approximate surface area is 306 Å². The number of methoxy groups -OCH3 is 1. The highest BCUT2D eigenvalue weighted by molar-refractivity contribution is 7.94. The number of piperidine rings is 1. The molecular weight excluding hydrogens is 695 g/mol. The maximum atomic E-state index is 15.2. The smallest absolute Gasteiger partial charge is 0.337 e. The highest BCUT2D eigenvalue weighted by Crippen LogP contribution is 2.53. The summed E-state index contributed by atoms with van der Waals surface area (Å²) in [5.74, 6) is -1.90. The number of ketones is 1. The molecular formula is C39H46Cl2N2O6S. The van der Waals surface area contributed by atoms with Gasteiger partial charge >= 0.3 is 5.97 Å². The van der Waals surface area contributed by atoms with E-state index in [0.29, 0.717) is 27.6 Å². The van der Waals surface area contributed by atoms with E-state index in [1.165, 1.54) is 14.0 Å². The van der Waals surface area contributed by atoms with Crippen LogP contribution in [0.25, 0.3) is 0 Å². The second-order valence-corrected chi connectivity index (χ2v) is 17.8. The monoisotopic (exact) mass is 740 g/mol. The van der Waals surface area contributed by atoms with E-state index in [1.54, 1.807) is 56.3 Å². The van der Waals surface area contributed by atoms with Crippen molar-refractivity contribution in [3.63, 3.8) is 0 Å². The molecule has 8 nitrogen and oxygen atoms in total. The lowest BCUT2D eigenvalue weighted by Crippen LogP contribution is -2.59. The molecule has 0 bridgehead atoms. The van der Waals surface area contributed by atoms with Crippen LogP contribution in [-0.4, -0.2) is 56.8 Å². The van der Waals surface area contributed by atoms with Crippen molar-refractivity contribution >= 4 is 56.5 Å². The lowest BCUT2D eigenvalue weighted by atomic mass is 9.66. The van der Waals surface area contributed by atoms with Crippen LogP contribution in [0.2, 0.25) is 10.0 Å². The Morgan fingerprint density at radius 3 is 2.14 bits per heavy atom. The molecule has 11 heteroatoms. The predicted molar refractivity (Wildman–Crippen MR) is 199 cm³/mol. The molecule has 4 rings (SSSR count). The Hall–Kier alpha value is -3.53. The van der Waals surface area contributed by atoms with Gasteiger partial charge in [0, 0.05) is 47.0 Å². The summed E-state index contributed by atoms with van der Waals surface area (Å²) >= 11 is 12.9. The number of carbonyl (C=O) groups is 4. The highest BCUT2D eigenvalue weighted by atomic mass is 35.5. The van der Waals surface area contributed by atoms with Gasteiger partial charge in [-0.1, -0.05) is 94.2 Å². The van der Waals surface area contributed by atoms with Crippen LogP contribution >= 0.6 is 23.2 Å². The van der Waals surface area contributed by atoms with E-state index in [-0.39, 0.29) is 42.1 Å². The molecule has 2 amide bonds. The average molecular weight is 742 g/mol. The summed E-state index contributed by atoms with van der Waals surface area (Å²) in [7, 11) is -1.79. The van der Waals surface area contributed by atoms with Gasteiger partial charge in [-0.05, 0) is 65.4 Å². The van der Waals surface area contributed by atoms with E-state index in [0.717, 1.165) is 11.1 Å². The van der Waals surface area contributed by atoms with Crippen molar-refractivity contribution in [3.8, 4) is 0 Å². The van der Waals surface area contributed by atoms with Crippen LogP contribution in [0.15, 0.2) is 77.2 Å². The van der Waals surface area contributed by atoms with E-state index < -0.39 is 44.4 Å². The first-order valence-corrected chi connectivity index (χ1v) is 19.2. The second kappa shape index (κ2) is 16.2. The first-order valence-electron chi connectivity index (χ1n) is 16.7. The van der Waals surface area contributed by atoms with Crippen molar-refractivity contribution in [1.82, 2.24) is 4.90 Å². The summed E-state index contributed by atoms with van der Waals surface area (Å²) < 4.78 is 23.4. The van der Waals surface area contributed by atoms with Crippen LogP contribution in [0.4, 0.5) is 0 Å². The Morgan fingerprint density at radius 2 is 1.60 bits per heavy atom. The lowest BCUT2D eigenvalue weighted by Gasteiger charge is -2.53. The van der Waals surface area contributed by atoms with Gasteiger partial charge in [0.2, 0.25) is 5.91 Å². The van der Waals surface area contributed by atoms with E-state index >= 15 is 4.79 Å². The van der Waals surface area contributed by atoms with Crippen LogP contribution in [0.1, 0.15) is 93.4 Å². The van der Waals surface area contributed by atoms with Crippen molar-refractivity contribution in [2.24, 2.45) is 15.7 Å². The zero-order chi connectivity index (χ0) is 37.0. The van der Waals surface area contributed by atoms with Crippen LogP contribution in [0, 0.1) is 11.3 Å². The molecule has 3 aromatic rings. The number of amides is 2. The Balaban J connectivity index is 1.87. The number of ether oxygens (including phenoxy) is 1. The van der Waals surface area contributed by atoms with Gasteiger partial charge in [-0.2, -0.15) is 4.36 Å². The first-order chi connectivity index (χ1) is 23.5.